The fourth-order valence-corrected chi connectivity index (χ4v) is 3.70. The Morgan fingerprint density at radius 3 is 2.81 bits per heavy atom. The van der Waals surface area contributed by atoms with E-state index in [1.165, 1.54) is 12.4 Å². The quantitative estimate of drug-likeness (QED) is 0.684. The first-order valence-corrected chi connectivity index (χ1v) is 8.73. The average molecular weight is 371 g/mol. The molecule has 140 valence electrons. The van der Waals surface area contributed by atoms with Crippen molar-refractivity contribution in [2.75, 3.05) is 18.0 Å². The first kappa shape index (κ1) is 17.4. The summed E-state index contributed by atoms with van der Waals surface area (Å²) in [6, 6.07) is 3.15. The number of benzene rings is 1. The first-order chi connectivity index (χ1) is 12.9. The van der Waals surface area contributed by atoms with Crippen molar-refractivity contribution in [3.63, 3.8) is 0 Å². The Hall–Kier alpha value is -3.00. The third kappa shape index (κ3) is 2.64. The van der Waals surface area contributed by atoms with Crippen molar-refractivity contribution in [2.45, 2.75) is 26.0 Å². The maximum atomic E-state index is 15.1. The number of carbonyl (C=O) groups is 1. The lowest BCUT2D eigenvalue weighted by atomic mass is 10.1. The molecule has 27 heavy (non-hydrogen) atoms. The van der Waals surface area contributed by atoms with Crippen molar-refractivity contribution in [2.24, 2.45) is 0 Å². The highest BCUT2D eigenvalue weighted by Gasteiger charge is 2.25. The summed E-state index contributed by atoms with van der Waals surface area (Å²) in [4.78, 5) is 30.2. The molecular weight excluding hydrogens is 353 g/mol. The van der Waals surface area contributed by atoms with E-state index in [1.807, 2.05) is 6.92 Å². The number of aryl methyl sites for hydroxylation is 1. The van der Waals surface area contributed by atoms with Gasteiger partial charge in [0, 0.05) is 31.2 Å². The SMILES string of the molecule is CCn1cc(C(=O)O)c(=O)c2c3ccc(N4CCC(O)C4)c(F)c3ncc21. The predicted octanol–water partition coefficient (Wildman–Crippen LogP) is 1.98. The summed E-state index contributed by atoms with van der Waals surface area (Å²) >= 11 is 0. The lowest BCUT2D eigenvalue weighted by Crippen LogP contribution is -2.22. The third-order valence-electron chi connectivity index (χ3n) is 5.08. The summed E-state index contributed by atoms with van der Waals surface area (Å²) < 4.78 is 16.8. The molecule has 4 rings (SSSR count). The van der Waals surface area contributed by atoms with E-state index < -0.39 is 23.3 Å². The van der Waals surface area contributed by atoms with Crippen LogP contribution in [0.1, 0.15) is 23.7 Å². The van der Waals surface area contributed by atoms with E-state index in [2.05, 4.69) is 4.98 Å². The number of fused-ring (bicyclic) bond motifs is 3. The highest BCUT2D eigenvalue weighted by atomic mass is 19.1. The Morgan fingerprint density at radius 2 is 2.19 bits per heavy atom. The van der Waals surface area contributed by atoms with Gasteiger partial charge in [0.2, 0.25) is 5.43 Å². The van der Waals surface area contributed by atoms with E-state index in [1.54, 1.807) is 21.6 Å². The number of aliphatic hydroxyl groups excluding tert-OH is 1. The average Bonchev–Trinajstić information content (AvgIpc) is 3.07. The van der Waals surface area contributed by atoms with Crippen LogP contribution < -0.4 is 10.3 Å². The van der Waals surface area contributed by atoms with Gasteiger partial charge in [-0.2, -0.15) is 0 Å². The van der Waals surface area contributed by atoms with Crippen LogP contribution in [-0.2, 0) is 6.54 Å². The number of aromatic carboxylic acids is 1. The lowest BCUT2D eigenvalue weighted by Gasteiger charge is -2.19. The number of carboxylic acids is 1. The summed E-state index contributed by atoms with van der Waals surface area (Å²) in [7, 11) is 0. The van der Waals surface area contributed by atoms with Gasteiger partial charge in [-0.05, 0) is 25.5 Å². The van der Waals surface area contributed by atoms with Crippen LogP contribution in [0.2, 0.25) is 0 Å². The maximum absolute atomic E-state index is 15.1. The predicted molar refractivity (Wildman–Crippen MR) is 98.9 cm³/mol. The minimum atomic E-state index is -1.32. The number of β-amino-alcohol motifs (C(OH)–C–C–N with tert-alkyl or cyclic N) is 1. The number of anilines is 1. The van der Waals surface area contributed by atoms with Crippen molar-refractivity contribution in [1.29, 1.82) is 0 Å². The number of hydrogen-bond donors (Lipinski definition) is 2. The van der Waals surface area contributed by atoms with Gasteiger partial charge in [0.25, 0.3) is 0 Å². The van der Waals surface area contributed by atoms with Crippen molar-refractivity contribution in [3.05, 3.63) is 46.1 Å². The van der Waals surface area contributed by atoms with Crippen LogP contribution >= 0.6 is 0 Å². The number of pyridine rings is 2. The molecule has 0 radical (unpaired) electrons. The molecule has 0 amide bonds. The smallest absolute Gasteiger partial charge is 0.341 e. The molecule has 2 N–H and O–H groups in total. The van der Waals surface area contributed by atoms with E-state index in [0.29, 0.717) is 37.3 Å². The number of carboxylic acid groups (broad SMARTS) is 1. The van der Waals surface area contributed by atoms with Crippen LogP contribution in [0.4, 0.5) is 10.1 Å². The van der Waals surface area contributed by atoms with Crippen LogP contribution in [-0.4, -0.2) is 44.9 Å². The van der Waals surface area contributed by atoms with Crippen LogP contribution in [0.5, 0.6) is 0 Å². The number of nitrogens with zero attached hydrogens (tertiary/aromatic N) is 3. The monoisotopic (exact) mass is 371 g/mol. The second kappa shape index (κ2) is 6.31. The van der Waals surface area contributed by atoms with Gasteiger partial charge in [0.15, 0.2) is 5.82 Å². The molecule has 1 aliphatic heterocycles. The van der Waals surface area contributed by atoms with E-state index in [0.717, 1.165) is 0 Å². The summed E-state index contributed by atoms with van der Waals surface area (Å²) in [5.74, 6) is -1.90. The van der Waals surface area contributed by atoms with Crippen molar-refractivity contribution >= 4 is 33.5 Å². The van der Waals surface area contributed by atoms with Gasteiger partial charge >= 0.3 is 5.97 Å². The molecule has 0 saturated carbocycles. The highest BCUT2D eigenvalue weighted by Crippen LogP contribution is 2.31. The number of hydrogen-bond acceptors (Lipinski definition) is 5. The Bertz CT molecular complexity index is 1140. The zero-order chi connectivity index (χ0) is 19.3. The van der Waals surface area contributed by atoms with Crippen molar-refractivity contribution in [3.8, 4) is 0 Å². The summed E-state index contributed by atoms with van der Waals surface area (Å²) in [6.45, 7) is 3.13. The van der Waals surface area contributed by atoms with Gasteiger partial charge < -0.3 is 19.7 Å². The van der Waals surface area contributed by atoms with Crippen LogP contribution in [0, 0.1) is 5.82 Å². The molecule has 1 aromatic carbocycles. The minimum absolute atomic E-state index is 0.0173. The standard InChI is InChI=1S/C19H18FN3O4/c1-2-22-9-12(19(26)27)18(25)15-11-3-4-13(23-6-5-10(24)8-23)16(20)17(11)21-7-14(15)22/h3-4,7,9-10,24H,2,5-6,8H2,1H3,(H,26,27). The Labute approximate surface area is 153 Å². The molecule has 0 bridgehead atoms. The molecule has 1 aliphatic rings. The van der Waals surface area contributed by atoms with Gasteiger partial charge in [-0.15, -0.1) is 0 Å². The second-order valence-electron chi connectivity index (χ2n) is 6.66. The van der Waals surface area contributed by atoms with E-state index in [-0.39, 0.29) is 21.9 Å². The Balaban J connectivity index is 2.04. The molecule has 7 nitrogen and oxygen atoms in total. The first-order valence-electron chi connectivity index (χ1n) is 8.73. The molecule has 1 atom stereocenters. The van der Waals surface area contributed by atoms with Crippen molar-refractivity contribution in [1.82, 2.24) is 9.55 Å². The molecular formula is C19H18FN3O4. The molecule has 1 saturated heterocycles. The molecule has 3 heterocycles. The van der Waals surface area contributed by atoms with E-state index >= 15 is 4.39 Å². The molecule has 8 heteroatoms. The number of halogens is 1. The van der Waals surface area contributed by atoms with Gasteiger partial charge in [0.1, 0.15) is 11.1 Å². The van der Waals surface area contributed by atoms with Crippen molar-refractivity contribution < 1.29 is 19.4 Å². The van der Waals surface area contributed by atoms with Gasteiger partial charge in [0.05, 0.1) is 28.9 Å². The summed E-state index contributed by atoms with van der Waals surface area (Å²) in [5, 5.41) is 19.5. The molecule has 3 aromatic rings. The minimum Gasteiger partial charge on any atom is -0.477 e. The molecule has 1 unspecified atom stereocenters. The summed E-state index contributed by atoms with van der Waals surface area (Å²) in [6.07, 6.45) is 2.75. The van der Waals surface area contributed by atoms with E-state index in [4.69, 9.17) is 0 Å². The second-order valence-corrected chi connectivity index (χ2v) is 6.66. The van der Waals surface area contributed by atoms with Crippen LogP contribution in [0.25, 0.3) is 21.8 Å². The normalized spacial score (nSPS) is 17.1. The molecule has 2 aromatic heterocycles. The van der Waals surface area contributed by atoms with E-state index in [9.17, 15) is 19.8 Å². The Morgan fingerprint density at radius 1 is 1.41 bits per heavy atom. The Kier molecular flexibility index (Phi) is 4.07. The number of aromatic nitrogens is 2. The largest absolute Gasteiger partial charge is 0.477 e. The maximum Gasteiger partial charge on any atom is 0.341 e. The molecule has 1 fully saturated rings. The van der Waals surface area contributed by atoms with Gasteiger partial charge in [-0.25, -0.2) is 9.18 Å². The van der Waals surface area contributed by atoms with Gasteiger partial charge in [-0.3, -0.25) is 9.78 Å². The van der Waals surface area contributed by atoms with Gasteiger partial charge in [-0.1, -0.05) is 0 Å². The summed E-state index contributed by atoms with van der Waals surface area (Å²) in [5.41, 5.74) is -0.217. The van der Waals surface area contributed by atoms with Crippen LogP contribution in [0.15, 0.2) is 29.3 Å². The third-order valence-corrected chi connectivity index (χ3v) is 5.08. The molecule has 0 aliphatic carbocycles. The fourth-order valence-electron chi connectivity index (χ4n) is 3.70. The number of aliphatic hydroxyl groups is 1. The zero-order valence-corrected chi connectivity index (χ0v) is 14.6. The zero-order valence-electron chi connectivity index (χ0n) is 14.6. The topological polar surface area (TPSA) is 95.7 Å². The lowest BCUT2D eigenvalue weighted by molar-refractivity contribution is 0.0695. The fraction of sp³-hybridized carbons (Fsp3) is 0.316. The highest BCUT2D eigenvalue weighted by molar-refractivity contribution is 6.07. The van der Waals surface area contributed by atoms with Crippen LogP contribution in [0.3, 0.4) is 0 Å². The number of rotatable bonds is 3. The molecule has 0 spiro atoms.